The molecule has 1 aliphatic rings. The zero-order valence-corrected chi connectivity index (χ0v) is 15.3. The molecular formula is C19H27NO5. The average molecular weight is 349 g/mol. The van der Waals surface area contributed by atoms with Crippen LogP contribution in [0.1, 0.15) is 46.1 Å². The Bertz CT molecular complexity index is 585. The van der Waals surface area contributed by atoms with Crippen LogP contribution in [0.25, 0.3) is 0 Å². The van der Waals surface area contributed by atoms with E-state index in [9.17, 15) is 9.59 Å². The van der Waals surface area contributed by atoms with Crippen molar-refractivity contribution in [1.82, 2.24) is 5.32 Å². The minimum absolute atomic E-state index is 0.0795. The van der Waals surface area contributed by atoms with E-state index in [1.165, 1.54) is 0 Å². The monoisotopic (exact) mass is 349 g/mol. The van der Waals surface area contributed by atoms with Crippen LogP contribution in [0, 0.1) is 0 Å². The topological polar surface area (TPSA) is 73.9 Å². The standard InChI is InChI=1S/C19H27NO5/c1-5-23-17(21)10-13-6-8-15(9-7-13)24-16-11-14(12-16)20-18(22)25-19(2,3)4/h6-9,14,16H,5,10-12H2,1-4H3,(H,20,22)/t14-,16-. The molecule has 1 aromatic rings. The predicted molar refractivity (Wildman–Crippen MR) is 93.6 cm³/mol. The Morgan fingerprint density at radius 3 is 2.36 bits per heavy atom. The Hall–Kier alpha value is -2.24. The third kappa shape index (κ3) is 6.64. The smallest absolute Gasteiger partial charge is 0.407 e. The summed E-state index contributed by atoms with van der Waals surface area (Å²) in [5.74, 6) is 0.527. The Balaban J connectivity index is 1.70. The van der Waals surface area contributed by atoms with Crippen LogP contribution < -0.4 is 10.1 Å². The number of benzene rings is 1. The summed E-state index contributed by atoms with van der Waals surface area (Å²) >= 11 is 0. The average Bonchev–Trinajstić information content (AvgIpc) is 2.45. The van der Waals surface area contributed by atoms with Crippen molar-refractivity contribution in [2.24, 2.45) is 0 Å². The Morgan fingerprint density at radius 1 is 1.16 bits per heavy atom. The summed E-state index contributed by atoms with van der Waals surface area (Å²) in [6.45, 7) is 7.69. The number of hydrogen-bond donors (Lipinski definition) is 1. The molecule has 1 saturated carbocycles. The fourth-order valence-corrected chi connectivity index (χ4v) is 2.51. The molecule has 1 fully saturated rings. The molecule has 0 heterocycles. The van der Waals surface area contributed by atoms with Crippen LogP contribution in [0.3, 0.4) is 0 Å². The molecule has 1 aliphatic carbocycles. The van der Waals surface area contributed by atoms with E-state index in [1.807, 2.05) is 45.0 Å². The molecule has 0 atom stereocenters. The van der Waals surface area contributed by atoms with E-state index in [1.54, 1.807) is 6.92 Å². The lowest BCUT2D eigenvalue weighted by Crippen LogP contribution is -2.50. The maximum Gasteiger partial charge on any atom is 0.407 e. The van der Waals surface area contributed by atoms with Crippen LogP contribution in [-0.2, 0) is 20.7 Å². The van der Waals surface area contributed by atoms with Crippen molar-refractivity contribution in [3.63, 3.8) is 0 Å². The van der Waals surface area contributed by atoms with E-state index in [-0.39, 0.29) is 30.6 Å². The van der Waals surface area contributed by atoms with Gasteiger partial charge in [0.2, 0.25) is 0 Å². The summed E-state index contributed by atoms with van der Waals surface area (Å²) in [5.41, 5.74) is 0.401. The highest BCUT2D eigenvalue weighted by Gasteiger charge is 2.33. The zero-order valence-electron chi connectivity index (χ0n) is 15.3. The molecule has 0 radical (unpaired) electrons. The highest BCUT2D eigenvalue weighted by atomic mass is 16.6. The summed E-state index contributed by atoms with van der Waals surface area (Å²) < 4.78 is 16.0. The Morgan fingerprint density at radius 2 is 1.80 bits per heavy atom. The van der Waals surface area contributed by atoms with Gasteiger partial charge in [-0.05, 0) is 45.4 Å². The van der Waals surface area contributed by atoms with Crippen LogP contribution in [0.2, 0.25) is 0 Å². The van der Waals surface area contributed by atoms with Crippen LogP contribution >= 0.6 is 0 Å². The number of amides is 1. The van der Waals surface area contributed by atoms with Gasteiger partial charge in [0, 0.05) is 18.9 Å². The van der Waals surface area contributed by atoms with Gasteiger partial charge in [-0.15, -0.1) is 0 Å². The lowest BCUT2D eigenvalue weighted by atomic mass is 9.89. The van der Waals surface area contributed by atoms with Gasteiger partial charge >= 0.3 is 12.1 Å². The van der Waals surface area contributed by atoms with Crippen LogP contribution in [0.4, 0.5) is 4.79 Å². The van der Waals surface area contributed by atoms with Crippen LogP contribution in [0.15, 0.2) is 24.3 Å². The normalized spacial score (nSPS) is 19.5. The lowest BCUT2D eigenvalue weighted by molar-refractivity contribution is -0.142. The van der Waals surface area contributed by atoms with E-state index in [4.69, 9.17) is 14.2 Å². The van der Waals surface area contributed by atoms with E-state index in [0.29, 0.717) is 6.61 Å². The molecule has 0 bridgehead atoms. The second-order valence-electron chi connectivity index (χ2n) is 7.18. The molecule has 138 valence electrons. The number of esters is 1. The summed E-state index contributed by atoms with van der Waals surface area (Å²) in [4.78, 5) is 23.1. The third-order valence-electron chi connectivity index (χ3n) is 3.70. The van der Waals surface area contributed by atoms with E-state index in [2.05, 4.69) is 5.32 Å². The SMILES string of the molecule is CCOC(=O)Cc1ccc(O[C@H]2C[C@H](NC(=O)OC(C)(C)C)C2)cc1. The summed E-state index contributed by atoms with van der Waals surface area (Å²) in [6, 6.07) is 7.51. The van der Waals surface area contributed by atoms with Gasteiger partial charge in [-0.25, -0.2) is 4.79 Å². The fourth-order valence-electron chi connectivity index (χ4n) is 2.51. The van der Waals surface area contributed by atoms with Gasteiger partial charge < -0.3 is 19.5 Å². The van der Waals surface area contributed by atoms with Crippen molar-refractivity contribution in [1.29, 1.82) is 0 Å². The number of alkyl carbamates (subject to hydrolysis) is 1. The number of carbonyl (C=O) groups is 2. The molecule has 2 rings (SSSR count). The van der Waals surface area contributed by atoms with E-state index < -0.39 is 5.60 Å². The third-order valence-corrected chi connectivity index (χ3v) is 3.70. The molecule has 1 N–H and O–H groups in total. The molecule has 0 aliphatic heterocycles. The molecular weight excluding hydrogens is 322 g/mol. The number of carbonyl (C=O) groups excluding carboxylic acids is 2. The Kier molecular flexibility index (Phi) is 6.28. The fraction of sp³-hybridized carbons (Fsp3) is 0.579. The predicted octanol–water partition coefficient (Wildman–Crippen LogP) is 3.23. The molecule has 0 aromatic heterocycles. The van der Waals surface area contributed by atoms with Gasteiger partial charge in [-0.1, -0.05) is 12.1 Å². The number of rotatable bonds is 6. The molecule has 0 unspecified atom stereocenters. The first-order chi connectivity index (χ1) is 11.7. The summed E-state index contributed by atoms with van der Waals surface area (Å²) in [6.07, 6.45) is 1.46. The first-order valence-corrected chi connectivity index (χ1v) is 8.66. The lowest BCUT2D eigenvalue weighted by Gasteiger charge is -2.36. The van der Waals surface area contributed by atoms with Crippen molar-refractivity contribution < 1.29 is 23.8 Å². The second-order valence-corrected chi connectivity index (χ2v) is 7.18. The van der Waals surface area contributed by atoms with Gasteiger partial charge in [0.15, 0.2) is 0 Å². The highest BCUT2D eigenvalue weighted by molar-refractivity contribution is 5.72. The van der Waals surface area contributed by atoms with Gasteiger partial charge in [-0.2, -0.15) is 0 Å². The molecule has 0 saturated heterocycles. The van der Waals surface area contributed by atoms with E-state index in [0.717, 1.165) is 24.2 Å². The largest absolute Gasteiger partial charge is 0.490 e. The molecule has 6 nitrogen and oxygen atoms in total. The van der Waals surface area contributed by atoms with E-state index >= 15 is 0 Å². The molecule has 1 amide bonds. The van der Waals surface area contributed by atoms with Crippen LogP contribution in [0.5, 0.6) is 5.75 Å². The first-order valence-electron chi connectivity index (χ1n) is 8.66. The number of nitrogens with one attached hydrogen (secondary N) is 1. The maximum atomic E-state index is 11.7. The van der Waals surface area contributed by atoms with Gasteiger partial charge in [0.05, 0.1) is 13.0 Å². The van der Waals surface area contributed by atoms with Gasteiger partial charge in [0.25, 0.3) is 0 Å². The minimum Gasteiger partial charge on any atom is -0.490 e. The number of hydrogen-bond acceptors (Lipinski definition) is 5. The van der Waals surface area contributed by atoms with Gasteiger partial charge in [0.1, 0.15) is 17.5 Å². The Labute approximate surface area is 148 Å². The number of ether oxygens (including phenoxy) is 3. The van der Waals surface area contributed by atoms with Crippen molar-refractivity contribution >= 4 is 12.1 Å². The van der Waals surface area contributed by atoms with Crippen molar-refractivity contribution in [3.05, 3.63) is 29.8 Å². The quantitative estimate of drug-likeness (QED) is 0.798. The van der Waals surface area contributed by atoms with Crippen LogP contribution in [-0.4, -0.2) is 36.4 Å². The van der Waals surface area contributed by atoms with Crippen molar-refractivity contribution in [2.45, 2.75) is 64.7 Å². The van der Waals surface area contributed by atoms with Gasteiger partial charge in [-0.3, -0.25) is 4.79 Å². The highest BCUT2D eigenvalue weighted by Crippen LogP contribution is 2.26. The molecule has 1 aromatic carbocycles. The first kappa shape index (κ1) is 19.1. The molecule has 25 heavy (non-hydrogen) atoms. The summed E-state index contributed by atoms with van der Waals surface area (Å²) in [5, 5.41) is 2.84. The molecule has 0 spiro atoms. The van der Waals surface area contributed by atoms with Crippen molar-refractivity contribution in [3.8, 4) is 5.75 Å². The minimum atomic E-state index is -0.491. The van der Waals surface area contributed by atoms with Crippen molar-refractivity contribution in [2.75, 3.05) is 6.61 Å². The zero-order chi connectivity index (χ0) is 18.4. The second kappa shape index (κ2) is 8.23. The molecule has 6 heteroatoms. The maximum absolute atomic E-state index is 11.7. The summed E-state index contributed by atoms with van der Waals surface area (Å²) in [7, 11) is 0.